The first kappa shape index (κ1) is 20.9. The molecule has 0 saturated heterocycles. The number of ketones is 1. The number of hydrogen-bond acceptors (Lipinski definition) is 6. The van der Waals surface area contributed by atoms with Crippen LogP contribution >= 0.6 is 0 Å². The summed E-state index contributed by atoms with van der Waals surface area (Å²) in [4.78, 5) is 39.7. The molecule has 3 aromatic rings. The van der Waals surface area contributed by atoms with Gasteiger partial charge in [-0.05, 0) is 42.5 Å². The Morgan fingerprint density at radius 2 is 1.67 bits per heavy atom. The highest BCUT2D eigenvalue weighted by atomic mass is 32.2. The molecule has 2 heterocycles. The van der Waals surface area contributed by atoms with Gasteiger partial charge in [-0.25, -0.2) is 8.42 Å². The molecule has 2 aliphatic heterocycles. The Hall–Kier alpha value is -3.98. The van der Waals surface area contributed by atoms with Gasteiger partial charge in [-0.1, -0.05) is 24.3 Å². The summed E-state index contributed by atoms with van der Waals surface area (Å²) in [7, 11) is -2.52. The predicted molar refractivity (Wildman–Crippen MR) is 118 cm³/mol. The largest absolute Gasteiger partial charge is 0.477 e. The van der Waals surface area contributed by atoms with E-state index in [2.05, 4.69) is 5.32 Å². The molecule has 0 unspecified atom stereocenters. The normalized spacial score (nSPS) is 17.8. The van der Waals surface area contributed by atoms with Crippen molar-refractivity contribution in [3.8, 4) is 5.75 Å². The van der Waals surface area contributed by atoms with E-state index in [-0.39, 0.29) is 33.0 Å². The van der Waals surface area contributed by atoms with Crippen molar-refractivity contribution in [2.24, 2.45) is 0 Å². The number of amides is 2. The molecule has 0 radical (unpaired) electrons. The number of fused-ring (bicyclic) bond motifs is 3. The summed E-state index contributed by atoms with van der Waals surface area (Å²) in [6.07, 6.45) is -0.927. The van der Waals surface area contributed by atoms with Crippen molar-refractivity contribution in [1.29, 1.82) is 0 Å². The van der Waals surface area contributed by atoms with E-state index < -0.39 is 33.5 Å². The van der Waals surface area contributed by atoms with Crippen LogP contribution in [0.15, 0.2) is 76.5 Å². The number of nitrogens with one attached hydrogen (secondary N) is 1. The van der Waals surface area contributed by atoms with Crippen molar-refractivity contribution in [2.75, 3.05) is 18.5 Å². The standard InChI is InChI=1S/C24H18N2O6S/c1-25-23(28)19-13-26(17-7-3-4-8-18(17)32-19)24(29)14-10-11-16-21(12-14)33(30,31)20-9-5-2-6-15(20)22(16)27/h2-12,19H,13H2,1H3,(H,25,28)/t19-/m0/s1. The van der Waals surface area contributed by atoms with E-state index in [9.17, 15) is 22.8 Å². The van der Waals surface area contributed by atoms with Crippen LogP contribution in [-0.4, -0.2) is 45.7 Å². The van der Waals surface area contributed by atoms with E-state index in [0.717, 1.165) is 0 Å². The lowest BCUT2D eigenvalue weighted by Crippen LogP contribution is -2.50. The molecule has 2 aliphatic rings. The van der Waals surface area contributed by atoms with Crippen LogP contribution in [-0.2, 0) is 14.6 Å². The van der Waals surface area contributed by atoms with Crippen molar-refractivity contribution in [1.82, 2.24) is 5.32 Å². The minimum Gasteiger partial charge on any atom is -0.477 e. The van der Waals surface area contributed by atoms with Gasteiger partial charge in [-0.2, -0.15) is 0 Å². The second-order valence-corrected chi connectivity index (χ2v) is 9.53. The van der Waals surface area contributed by atoms with E-state index >= 15 is 0 Å². The van der Waals surface area contributed by atoms with E-state index in [1.54, 1.807) is 36.4 Å². The van der Waals surface area contributed by atoms with Crippen LogP contribution in [0.4, 0.5) is 5.69 Å². The monoisotopic (exact) mass is 462 g/mol. The molecule has 0 saturated carbocycles. The minimum atomic E-state index is -3.99. The smallest absolute Gasteiger partial charge is 0.262 e. The minimum absolute atomic E-state index is 0.0239. The maximum absolute atomic E-state index is 13.5. The molecule has 5 rings (SSSR count). The number of nitrogens with zero attached hydrogens (tertiary/aromatic N) is 1. The highest BCUT2D eigenvalue weighted by molar-refractivity contribution is 7.91. The van der Waals surface area contributed by atoms with Crippen molar-refractivity contribution in [3.63, 3.8) is 0 Å². The highest BCUT2D eigenvalue weighted by Crippen LogP contribution is 2.37. The molecule has 0 spiro atoms. The second kappa shape index (κ2) is 7.56. The fraction of sp³-hybridized carbons (Fsp3) is 0.125. The summed E-state index contributed by atoms with van der Waals surface area (Å²) < 4.78 is 32.2. The van der Waals surface area contributed by atoms with Crippen molar-refractivity contribution in [2.45, 2.75) is 15.9 Å². The maximum atomic E-state index is 13.5. The first-order valence-electron chi connectivity index (χ1n) is 10.1. The average Bonchev–Trinajstić information content (AvgIpc) is 2.85. The Morgan fingerprint density at radius 3 is 2.45 bits per heavy atom. The number of rotatable bonds is 2. The molecule has 0 bridgehead atoms. The van der Waals surface area contributed by atoms with Gasteiger partial charge in [0.1, 0.15) is 5.75 Å². The third-order valence-electron chi connectivity index (χ3n) is 5.74. The number of hydrogen-bond donors (Lipinski definition) is 1. The molecule has 8 nitrogen and oxygen atoms in total. The quantitative estimate of drug-likeness (QED) is 0.489. The number of ether oxygens (including phenoxy) is 1. The molecule has 1 N–H and O–H groups in total. The Morgan fingerprint density at radius 1 is 0.970 bits per heavy atom. The summed E-state index contributed by atoms with van der Waals surface area (Å²) in [5.74, 6) is -0.951. The molecule has 2 amide bonds. The Kier molecular flexibility index (Phi) is 4.79. The summed E-state index contributed by atoms with van der Waals surface area (Å²) in [5.41, 5.74) is 0.678. The zero-order valence-corrected chi connectivity index (χ0v) is 18.3. The topological polar surface area (TPSA) is 110 Å². The van der Waals surface area contributed by atoms with Crippen LogP contribution in [0.3, 0.4) is 0 Å². The predicted octanol–water partition coefficient (Wildman–Crippen LogP) is 2.22. The summed E-state index contributed by atoms with van der Waals surface area (Å²) in [6.45, 7) is -0.0544. The molecule has 3 aromatic carbocycles. The number of carbonyl (C=O) groups excluding carboxylic acids is 3. The van der Waals surface area contributed by atoms with E-state index in [1.165, 1.54) is 42.3 Å². The number of para-hydroxylation sites is 2. The van der Waals surface area contributed by atoms with Crippen LogP contribution in [0.25, 0.3) is 0 Å². The molecule has 33 heavy (non-hydrogen) atoms. The van der Waals surface area contributed by atoms with Crippen LogP contribution < -0.4 is 15.0 Å². The van der Waals surface area contributed by atoms with Gasteiger partial charge >= 0.3 is 0 Å². The van der Waals surface area contributed by atoms with E-state index in [0.29, 0.717) is 11.4 Å². The number of anilines is 1. The lowest BCUT2D eigenvalue weighted by atomic mass is 10.0. The zero-order chi connectivity index (χ0) is 23.3. The average molecular weight is 462 g/mol. The van der Waals surface area contributed by atoms with E-state index in [1.807, 2.05) is 0 Å². The zero-order valence-electron chi connectivity index (χ0n) is 17.4. The van der Waals surface area contributed by atoms with Gasteiger partial charge < -0.3 is 15.0 Å². The Balaban J connectivity index is 1.59. The Bertz CT molecular complexity index is 1450. The fourth-order valence-electron chi connectivity index (χ4n) is 4.10. The van der Waals surface area contributed by atoms with Gasteiger partial charge in [0, 0.05) is 23.7 Å². The first-order chi connectivity index (χ1) is 15.8. The Labute approximate surface area is 189 Å². The van der Waals surface area contributed by atoms with E-state index in [4.69, 9.17) is 4.74 Å². The fourth-order valence-corrected chi connectivity index (χ4v) is 5.77. The molecule has 1 atom stereocenters. The third kappa shape index (κ3) is 3.20. The SMILES string of the molecule is CNC(=O)[C@@H]1CN(C(=O)c2ccc3c(c2)S(=O)(=O)c2ccccc2C3=O)c2ccccc2O1. The molecule has 9 heteroatoms. The first-order valence-corrected chi connectivity index (χ1v) is 11.6. The van der Waals surface area contributed by atoms with Crippen LogP contribution in [0.2, 0.25) is 0 Å². The van der Waals surface area contributed by atoms with Crippen molar-refractivity contribution < 1.29 is 27.5 Å². The molecule has 0 fully saturated rings. The van der Waals surface area contributed by atoms with Crippen molar-refractivity contribution in [3.05, 3.63) is 83.4 Å². The van der Waals surface area contributed by atoms with Gasteiger partial charge in [-0.3, -0.25) is 14.4 Å². The van der Waals surface area contributed by atoms with Gasteiger partial charge in [0.05, 0.1) is 22.0 Å². The molecule has 0 aliphatic carbocycles. The van der Waals surface area contributed by atoms with Gasteiger partial charge in [0.2, 0.25) is 9.84 Å². The van der Waals surface area contributed by atoms with Gasteiger partial charge in [0.15, 0.2) is 11.9 Å². The molecular formula is C24H18N2O6S. The van der Waals surface area contributed by atoms with Gasteiger partial charge in [-0.15, -0.1) is 0 Å². The van der Waals surface area contributed by atoms with Gasteiger partial charge in [0.25, 0.3) is 11.8 Å². The summed E-state index contributed by atoms with van der Waals surface area (Å²) in [5, 5.41) is 2.51. The van der Waals surface area contributed by atoms with Crippen LogP contribution in [0.5, 0.6) is 5.75 Å². The van der Waals surface area contributed by atoms with Crippen molar-refractivity contribution >= 4 is 33.1 Å². The van der Waals surface area contributed by atoms with Crippen LogP contribution in [0.1, 0.15) is 26.3 Å². The lowest BCUT2D eigenvalue weighted by molar-refractivity contribution is -0.127. The number of likely N-dealkylation sites (N-methyl/N-ethyl adjacent to an activating group) is 1. The van der Waals surface area contributed by atoms with Crippen LogP contribution in [0, 0.1) is 0 Å². The summed E-state index contributed by atoms with van der Waals surface area (Å²) in [6, 6.07) is 16.8. The third-order valence-corrected chi connectivity index (χ3v) is 7.59. The number of benzene rings is 3. The molecule has 166 valence electrons. The highest BCUT2D eigenvalue weighted by Gasteiger charge is 2.37. The summed E-state index contributed by atoms with van der Waals surface area (Å²) >= 11 is 0. The maximum Gasteiger partial charge on any atom is 0.262 e. The molecule has 0 aromatic heterocycles. The number of sulfone groups is 1. The molecular weight excluding hydrogens is 444 g/mol. The second-order valence-electron chi connectivity index (χ2n) is 7.64. The lowest BCUT2D eigenvalue weighted by Gasteiger charge is -2.34. The number of carbonyl (C=O) groups is 3.